The molecule has 3 aliphatic rings. The standard InChI is InChI=1S/C57H106N2O21/c1-4-6-8-10-12-14-16-17-18-19-20-21-22-24-26-28-30-39(64)38(59-44(67)31-29-27-25-23-15-13-11-9-7-5-2)36-75-54-49(71)48(70)51(43(35-62)77-54)78-55-50(72)53(47(69)42(34-61)76-55)80-57(56(73)74)32-40(65)45(58-37(3)63)52(79-57)46(68)41(66)33-60/h38-43,45-55,60-62,64-66,68-72H,4-36H2,1-3H3,(H,58,63)(H,59,67)(H,73,74). The number of ether oxygens (including phenoxy) is 6. The van der Waals surface area contributed by atoms with Crippen molar-refractivity contribution in [2.45, 2.75) is 317 Å². The van der Waals surface area contributed by atoms with Gasteiger partial charge in [0.25, 0.3) is 5.79 Å². The van der Waals surface area contributed by atoms with E-state index < -0.39 is 148 Å². The van der Waals surface area contributed by atoms with Crippen LogP contribution in [0, 0.1) is 0 Å². The number of aliphatic carboxylic acids is 1. The van der Waals surface area contributed by atoms with Crippen molar-refractivity contribution < 1.29 is 104 Å². The average Bonchev–Trinajstić information content (AvgIpc) is 3.43. The smallest absolute Gasteiger partial charge is 0.364 e. The van der Waals surface area contributed by atoms with Gasteiger partial charge in [-0.3, -0.25) is 9.59 Å². The first kappa shape index (κ1) is 72.0. The molecule has 2 amide bonds. The Bertz CT molecular complexity index is 1660. The summed E-state index contributed by atoms with van der Waals surface area (Å²) < 4.78 is 34.7. The van der Waals surface area contributed by atoms with Gasteiger partial charge in [0.05, 0.1) is 50.7 Å². The highest BCUT2D eigenvalue weighted by molar-refractivity contribution is 5.77. The predicted molar refractivity (Wildman–Crippen MR) is 292 cm³/mol. The summed E-state index contributed by atoms with van der Waals surface area (Å²) in [6, 6.07) is -2.52. The van der Waals surface area contributed by atoms with Crippen molar-refractivity contribution >= 4 is 17.8 Å². The van der Waals surface area contributed by atoms with Crippen LogP contribution in [0.1, 0.15) is 207 Å². The number of carboxylic acid groups (broad SMARTS) is 1. The number of amides is 2. The minimum Gasteiger partial charge on any atom is -0.477 e. The summed E-state index contributed by atoms with van der Waals surface area (Å²) in [7, 11) is 0. The van der Waals surface area contributed by atoms with Crippen molar-refractivity contribution in [1.82, 2.24) is 10.6 Å². The molecule has 3 aliphatic heterocycles. The van der Waals surface area contributed by atoms with Crippen LogP contribution in [0.4, 0.5) is 0 Å². The largest absolute Gasteiger partial charge is 0.477 e. The first-order chi connectivity index (χ1) is 38.4. The molecule has 0 aromatic carbocycles. The molecule has 0 radical (unpaired) electrons. The number of hydrogen-bond acceptors (Lipinski definition) is 20. The molecule has 23 nitrogen and oxygen atoms in total. The second-order valence-corrected chi connectivity index (χ2v) is 22.6. The summed E-state index contributed by atoms with van der Waals surface area (Å²) in [5, 5.41) is 135. The monoisotopic (exact) mass is 1150 g/mol. The molecule has 0 bridgehead atoms. The summed E-state index contributed by atoms with van der Waals surface area (Å²) in [6.07, 6.45) is 1.41. The van der Waals surface area contributed by atoms with E-state index in [-0.39, 0.29) is 18.9 Å². The Hall–Kier alpha value is -2.27. The first-order valence-corrected chi connectivity index (χ1v) is 30.4. The van der Waals surface area contributed by atoms with Crippen molar-refractivity contribution in [2.75, 3.05) is 26.4 Å². The van der Waals surface area contributed by atoms with Crippen molar-refractivity contribution in [3.63, 3.8) is 0 Å². The summed E-state index contributed by atoms with van der Waals surface area (Å²) in [5.41, 5.74) is 0. The van der Waals surface area contributed by atoms with Crippen LogP contribution in [0.2, 0.25) is 0 Å². The molecule has 18 atom stereocenters. The van der Waals surface area contributed by atoms with Gasteiger partial charge in [-0.25, -0.2) is 4.79 Å². The van der Waals surface area contributed by atoms with Gasteiger partial charge in [-0.2, -0.15) is 0 Å². The molecular weight excluding hydrogens is 1050 g/mol. The Morgan fingerprint density at radius 2 is 1.09 bits per heavy atom. The molecule has 0 saturated carbocycles. The van der Waals surface area contributed by atoms with E-state index in [9.17, 15) is 75.7 Å². The zero-order valence-corrected chi connectivity index (χ0v) is 48.2. The van der Waals surface area contributed by atoms with Gasteiger partial charge in [0.1, 0.15) is 67.1 Å². The van der Waals surface area contributed by atoms with Crippen molar-refractivity contribution in [3.05, 3.63) is 0 Å². The normalized spacial score (nSPS) is 30.6. The summed E-state index contributed by atoms with van der Waals surface area (Å²) >= 11 is 0. The molecule has 3 rings (SSSR count). The molecule has 3 saturated heterocycles. The number of aliphatic hydroxyl groups is 11. The number of carbonyl (C=O) groups is 3. The molecule has 14 N–H and O–H groups in total. The van der Waals surface area contributed by atoms with Crippen LogP contribution in [0.25, 0.3) is 0 Å². The maximum absolute atomic E-state index is 13.3. The Morgan fingerprint density at radius 1 is 0.600 bits per heavy atom. The van der Waals surface area contributed by atoms with Crippen LogP contribution in [-0.2, 0) is 42.8 Å². The van der Waals surface area contributed by atoms with Crippen LogP contribution in [-0.4, -0.2) is 215 Å². The number of carbonyl (C=O) groups excluding carboxylic acids is 2. The lowest BCUT2D eigenvalue weighted by molar-refractivity contribution is -0.386. The van der Waals surface area contributed by atoms with Gasteiger partial charge >= 0.3 is 5.97 Å². The number of aliphatic hydroxyl groups excluding tert-OH is 11. The number of carboxylic acids is 1. The molecule has 3 fully saturated rings. The van der Waals surface area contributed by atoms with E-state index in [1.54, 1.807) is 0 Å². The van der Waals surface area contributed by atoms with E-state index in [0.717, 1.165) is 58.3 Å². The van der Waals surface area contributed by atoms with Crippen molar-refractivity contribution in [3.8, 4) is 0 Å². The molecule has 23 heteroatoms. The second kappa shape index (κ2) is 40.1. The van der Waals surface area contributed by atoms with Crippen molar-refractivity contribution in [2.24, 2.45) is 0 Å². The van der Waals surface area contributed by atoms with E-state index in [1.807, 2.05) is 0 Å². The highest BCUT2D eigenvalue weighted by Gasteiger charge is 2.60. The van der Waals surface area contributed by atoms with Gasteiger partial charge in [-0.15, -0.1) is 0 Å². The average molecular weight is 1160 g/mol. The van der Waals surface area contributed by atoms with E-state index in [1.165, 1.54) is 103 Å². The molecule has 0 aromatic rings. The second-order valence-electron chi connectivity index (χ2n) is 22.6. The fraction of sp³-hybridized carbons (Fsp3) is 0.947. The minimum atomic E-state index is -3.07. The van der Waals surface area contributed by atoms with Gasteiger partial charge in [0, 0.05) is 19.8 Å². The maximum Gasteiger partial charge on any atom is 0.364 e. The first-order valence-electron chi connectivity index (χ1n) is 30.4. The van der Waals surface area contributed by atoms with Gasteiger partial charge in [-0.05, 0) is 12.8 Å². The Morgan fingerprint density at radius 3 is 1.56 bits per heavy atom. The van der Waals surface area contributed by atoms with E-state index in [4.69, 9.17) is 28.4 Å². The Labute approximate surface area is 474 Å². The quantitative estimate of drug-likeness (QED) is 0.0390. The van der Waals surface area contributed by atoms with Gasteiger partial charge in [0.15, 0.2) is 12.6 Å². The third kappa shape index (κ3) is 24.4. The van der Waals surface area contributed by atoms with Gasteiger partial charge < -0.3 is 100 Å². The third-order valence-corrected chi connectivity index (χ3v) is 15.8. The number of rotatable bonds is 44. The molecule has 0 aromatic heterocycles. The molecule has 18 unspecified atom stereocenters. The Balaban J connectivity index is 1.66. The summed E-state index contributed by atoms with van der Waals surface area (Å²) in [5.74, 6) is -6.10. The van der Waals surface area contributed by atoms with Crippen molar-refractivity contribution in [1.29, 1.82) is 0 Å². The zero-order valence-electron chi connectivity index (χ0n) is 48.2. The van der Waals surface area contributed by atoms with Crippen LogP contribution in [0.3, 0.4) is 0 Å². The summed E-state index contributed by atoms with van der Waals surface area (Å²) in [6.45, 7) is 2.15. The predicted octanol–water partition coefficient (Wildman–Crippen LogP) is 2.61. The van der Waals surface area contributed by atoms with Crippen LogP contribution < -0.4 is 10.6 Å². The van der Waals surface area contributed by atoms with Crippen LogP contribution in [0.5, 0.6) is 0 Å². The fourth-order valence-corrected chi connectivity index (χ4v) is 10.9. The van der Waals surface area contributed by atoms with E-state index in [2.05, 4.69) is 24.5 Å². The summed E-state index contributed by atoms with van der Waals surface area (Å²) in [4.78, 5) is 38.3. The van der Waals surface area contributed by atoms with Gasteiger partial charge in [0.2, 0.25) is 11.8 Å². The van der Waals surface area contributed by atoms with Gasteiger partial charge in [-0.1, -0.05) is 174 Å². The molecular formula is C57H106N2O21. The molecule has 0 aliphatic carbocycles. The third-order valence-electron chi connectivity index (χ3n) is 15.8. The maximum atomic E-state index is 13.3. The lowest BCUT2D eigenvalue weighted by Crippen LogP contribution is -2.70. The highest BCUT2D eigenvalue weighted by Crippen LogP contribution is 2.38. The van der Waals surface area contributed by atoms with Crippen LogP contribution in [0.15, 0.2) is 0 Å². The molecule has 80 heavy (non-hydrogen) atoms. The zero-order chi connectivity index (χ0) is 59.0. The highest BCUT2D eigenvalue weighted by atomic mass is 16.8. The lowest BCUT2D eigenvalue weighted by atomic mass is 9.88. The molecule has 0 spiro atoms. The van der Waals surface area contributed by atoms with E-state index in [0.29, 0.717) is 19.3 Å². The molecule has 3 heterocycles. The minimum absolute atomic E-state index is 0.227. The van der Waals surface area contributed by atoms with Crippen LogP contribution >= 0.6 is 0 Å². The number of nitrogens with one attached hydrogen (secondary N) is 2. The topological polar surface area (TPSA) is 373 Å². The number of hydrogen-bond donors (Lipinski definition) is 14. The Kier molecular flexibility index (Phi) is 36.1. The van der Waals surface area contributed by atoms with E-state index >= 15 is 0 Å². The SMILES string of the molecule is CCCCCCCCCCCCCCCCCCC(O)C(COC1OC(CO)C(OC2OC(CO)C(O)C(OC3(C(=O)O)CC(O)C(NC(C)=O)C(C(O)C(O)CO)O3)C2O)C(O)C1O)NC(=O)CCCCCCCCCCCC. The lowest BCUT2D eigenvalue weighted by Gasteiger charge is -2.50. The fourth-order valence-electron chi connectivity index (χ4n) is 10.9. The number of unbranched alkanes of at least 4 members (excludes halogenated alkanes) is 24. The molecule has 470 valence electrons.